The summed E-state index contributed by atoms with van der Waals surface area (Å²) in [5.41, 5.74) is 0. The van der Waals surface area contributed by atoms with Gasteiger partial charge in [-0.1, -0.05) is 38.5 Å². The lowest BCUT2D eigenvalue weighted by atomic mass is 10.1. The van der Waals surface area contributed by atoms with Gasteiger partial charge in [-0.05, 0) is 12.3 Å². The summed E-state index contributed by atoms with van der Waals surface area (Å²) in [6.45, 7) is 5.29. The van der Waals surface area contributed by atoms with Gasteiger partial charge in [-0.2, -0.15) is 0 Å². The third kappa shape index (κ3) is 5.72. The van der Waals surface area contributed by atoms with Crippen molar-refractivity contribution in [3.05, 3.63) is 6.33 Å². The Morgan fingerprint density at radius 3 is 2.94 bits per heavy atom. The number of carbonyl (C=O) groups is 1. The van der Waals surface area contributed by atoms with Gasteiger partial charge < -0.3 is 9.67 Å². The van der Waals surface area contributed by atoms with Gasteiger partial charge in [-0.3, -0.25) is 4.79 Å². The number of carboxylic acids is 1. The highest BCUT2D eigenvalue weighted by molar-refractivity contribution is 7.99. The minimum atomic E-state index is -0.829. The number of nitrogens with zero attached hydrogens (tertiary/aromatic N) is 3. The average molecular weight is 257 g/mol. The predicted molar refractivity (Wildman–Crippen MR) is 67.1 cm³/mol. The Hall–Kier alpha value is -1.04. The van der Waals surface area contributed by atoms with Crippen LogP contribution in [0.1, 0.15) is 33.1 Å². The first kappa shape index (κ1) is 14.0. The van der Waals surface area contributed by atoms with Crippen LogP contribution in [0.25, 0.3) is 0 Å². The van der Waals surface area contributed by atoms with E-state index in [2.05, 4.69) is 24.0 Å². The molecule has 0 aromatic carbocycles. The van der Waals surface area contributed by atoms with E-state index in [0.29, 0.717) is 5.16 Å². The molecule has 1 heterocycles. The van der Waals surface area contributed by atoms with Gasteiger partial charge in [0.05, 0.1) is 5.75 Å². The van der Waals surface area contributed by atoms with Crippen molar-refractivity contribution in [3.63, 3.8) is 0 Å². The van der Waals surface area contributed by atoms with Crippen molar-refractivity contribution < 1.29 is 9.90 Å². The Balaban J connectivity index is 2.32. The fraction of sp³-hybridized carbons (Fsp3) is 0.727. The van der Waals surface area contributed by atoms with Crippen molar-refractivity contribution in [2.75, 3.05) is 5.75 Å². The molecule has 0 fully saturated rings. The summed E-state index contributed by atoms with van der Waals surface area (Å²) in [6.07, 6.45) is 5.15. The molecular weight excluding hydrogens is 238 g/mol. The van der Waals surface area contributed by atoms with Crippen LogP contribution in [0.5, 0.6) is 0 Å². The molecule has 1 rings (SSSR count). The summed E-state index contributed by atoms with van der Waals surface area (Å²) >= 11 is 1.22. The van der Waals surface area contributed by atoms with Crippen molar-refractivity contribution >= 4 is 17.7 Å². The average Bonchev–Trinajstić information content (AvgIpc) is 2.68. The zero-order valence-corrected chi connectivity index (χ0v) is 11.1. The van der Waals surface area contributed by atoms with Gasteiger partial charge in [-0.15, -0.1) is 10.2 Å². The number of rotatable bonds is 8. The summed E-state index contributed by atoms with van der Waals surface area (Å²) in [4.78, 5) is 10.5. The van der Waals surface area contributed by atoms with Crippen LogP contribution >= 0.6 is 11.8 Å². The van der Waals surface area contributed by atoms with Gasteiger partial charge in [0.2, 0.25) is 0 Å². The molecule has 0 unspecified atom stereocenters. The molecule has 0 amide bonds. The summed E-state index contributed by atoms with van der Waals surface area (Å²) in [5, 5.41) is 17.0. The largest absolute Gasteiger partial charge is 0.481 e. The van der Waals surface area contributed by atoms with Crippen LogP contribution in [0.3, 0.4) is 0 Å². The highest BCUT2D eigenvalue weighted by atomic mass is 32.2. The zero-order chi connectivity index (χ0) is 12.7. The zero-order valence-electron chi connectivity index (χ0n) is 10.3. The SMILES string of the molecule is CC(C)CCCCn1cnnc1SCC(=O)O. The van der Waals surface area contributed by atoms with Gasteiger partial charge in [-0.25, -0.2) is 0 Å². The number of aromatic nitrogens is 3. The highest BCUT2D eigenvalue weighted by Crippen LogP contribution is 2.15. The van der Waals surface area contributed by atoms with Crippen molar-refractivity contribution in [1.29, 1.82) is 0 Å². The summed E-state index contributed by atoms with van der Waals surface area (Å²) in [5.74, 6) is -0.0638. The summed E-state index contributed by atoms with van der Waals surface area (Å²) in [6, 6.07) is 0. The Morgan fingerprint density at radius 2 is 2.29 bits per heavy atom. The molecule has 5 nitrogen and oxygen atoms in total. The van der Waals surface area contributed by atoms with E-state index in [1.165, 1.54) is 24.6 Å². The maximum Gasteiger partial charge on any atom is 0.313 e. The van der Waals surface area contributed by atoms with Gasteiger partial charge in [0, 0.05) is 6.54 Å². The van der Waals surface area contributed by atoms with Crippen LogP contribution in [0.15, 0.2) is 11.5 Å². The number of aliphatic carboxylic acids is 1. The number of aryl methyl sites for hydroxylation is 1. The Kier molecular flexibility index (Phi) is 6.04. The summed E-state index contributed by atoms with van der Waals surface area (Å²) < 4.78 is 1.92. The monoisotopic (exact) mass is 257 g/mol. The molecule has 6 heteroatoms. The maximum atomic E-state index is 10.5. The molecule has 0 saturated heterocycles. The molecule has 0 saturated carbocycles. The first-order chi connectivity index (χ1) is 8.09. The van der Waals surface area contributed by atoms with Gasteiger partial charge >= 0.3 is 5.97 Å². The van der Waals surface area contributed by atoms with E-state index >= 15 is 0 Å². The summed E-state index contributed by atoms with van der Waals surface area (Å²) in [7, 11) is 0. The molecule has 0 radical (unpaired) electrons. The minimum Gasteiger partial charge on any atom is -0.481 e. The molecule has 1 aromatic rings. The van der Waals surface area contributed by atoms with E-state index in [4.69, 9.17) is 5.11 Å². The van der Waals surface area contributed by atoms with Crippen LogP contribution in [-0.4, -0.2) is 31.6 Å². The maximum absolute atomic E-state index is 10.5. The third-order valence-electron chi connectivity index (χ3n) is 2.34. The van der Waals surface area contributed by atoms with Crippen LogP contribution in [0, 0.1) is 5.92 Å². The second-order valence-electron chi connectivity index (χ2n) is 4.38. The molecule has 0 spiro atoms. The molecule has 1 aromatic heterocycles. The highest BCUT2D eigenvalue weighted by Gasteiger charge is 2.07. The number of carboxylic acid groups (broad SMARTS) is 1. The molecule has 0 bridgehead atoms. The Bertz CT molecular complexity index is 352. The quantitative estimate of drug-likeness (QED) is 0.571. The third-order valence-corrected chi connectivity index (χ3v) is 3.30. The molecule has 0 aliphatic heterocycles. The molecule has 0 atom stereocenters. The second kappa shape index (κ2) is 7.32. The van der Waals surface area contributed by atoms with Gasteiger partial charge in [0.15, 0.2) is 5.16 Å². The number of unbranched alkanes of at least 4 members (excludes halogenated alkanes) is 1. The van der Waals surface area contributed by atoms with E-state index < -0.39 is 5.97 Å². The normalized spacial score (nSPS) is 11.0. The lowest BCUT2D eigenvalue weighted by molar-refractivity contribution is -0.133. The van der Waals surface area contributed by atoms with E-state index in [-0.39, 0.29) is 5.75 Å². The molecule has 96 valence electrons. The van der Waals surface area contributed by atoms with Crippen LogP contribution in [0.2, 0.25) is 0 Å². The van der Waals surface area contributed by atoms with E-state index in [0.717, 1.165) is 18.9 Å². The Morgan fingerprint density at radius 1 is 1.53 bits per heavy atom. The van der Waals surface area contributed by atoms with Crippen molar-refractivity contribution in [2.24, 2.45) is 5.92 Å². The smallest absolute Gasteiger partial charge is 0.313 e. The van der Waals surface area contributed by atoms with Crippen LogP contribution in [0.4, 0.5) is 0 Å². The standard InChI is InChI=1S/C11H19N3O2S/c1-9(2)5-3-4-6-14-8-12-13-11(14)17-7-10(15)16/h8-9H,3-7H2,1-2H3,(H,15,16). The molecule has 17 heavy (non-hydrogen) atoms. The van der Waals surface area contributed by atoms with Crippen molar-refractivity contribution in [2.45, 2.75) is 44.8 Å². The van der Waals surface area contributed by atoms with E-state index in [9.17, 15) is 4.79 Å². The molecule has 0 aliphatic rings. The van der Waals surface area contributed by atoms with E-state index in [1.807, 2.05) is 4.57 Å². The molecule has 0 aliphatic carbocycles. The van der Waals surface area contributed by atoms with Crippen molar-refractivity contribution in [1.82, 2.24) is 14.8 Å². The first-order valence-corrected chi connectivity index (χ1v) is 6.80. The number of hydrogen-bond donors (Lipinski definition) is 1. The van der Waals surface area contributed by atoms with Crippen LogP contribution in [-0.2, 0) is 11.3 Å². The molecular formula is C11H19N3O2S. The number of hydrogen-bond acceptors (Lipinski definition) is 4. The lowest BCUT2D eigenvalue weighted by Gasteiger charge is -2.06. The Labute approximate surface area is 106 Å². The first-order valence-electron chi connectivity index (χ1n) is 5.82. The van der Waals surface area contributed by atoms with E-state index in [1.54, 1.807) is 6.33 Å². The van der Waals surface area contributed by atoms with Gasteiger partial charge in [0.25, 0.3) is 0 Å². The topological polar surface area (TPSA) is 68.0 Å². The fourth-order valence-corrected chi connectivity index (χ4v) is 2.13. The lowest BCUT2D eigenvalue weighted by Crippen LogP contribution is -2.03. The predicted octanol–water partition coefficient (Wildman–Crippen LogP) is 2.28. The van der Waals surface area contributed by atoms with Crippen LogP contribution < -0.4 is 0 Å². The fourth-order valence-electron chi connectivity index (χ4n) is 1.47. The molecule has 1 N–H and O–H groups in total. The van der Waals surface area contributed by atoms with Gasteiger partial charge in [0.1, 0.15) is 6.33 Å². The second-order valence-corrected chi connectivity index (χ2v) is 5.32. The number of thioether (sulfide) groups is 1. The minimum absolute atomic E-state index is 0.0324. The van der Waals surface area contributed by atoms with Crippen molar-refractivity contribution in [3.8, 4) is 0 Å².